The molecule has 1 aliphatic carbocycles. The fourth-order valence-corrected chi connectivity index (χ4v) is 2.33. The smallest absolute Gasteiger partial charge is 0.193 e. The van der Waals surface area contributed by atoms with Gasteiger partial charge >= 0.3 is 0 Å². The fraction of sp³-hybridized carbons (Fsp3) is 0.533. The lowest BCUT2D eigenvalue weighted by Crippen LogP contribution is -2.23. The standard InChI is InChI=1S/C15H23N3O2/c1-9(2)11-8-12(11)17-15(16)18-13-7-10(19-3)5-6-14(13)20-4/h5-7,9,11-12H,8H2,1-4H3,(H3,16,17,18)/t11-,12+/m0/s1. The Morgan fingerprint density at radius 3 is 2.65 bits per heavy atom. The highest BCUT2D eigenvalue weighted by molar-refractivity contribution is 5.94. The predicted molar refractivity (Wildman–Crippen MR) is 81.5 cm³/mol. The molecule has 0 aliphatic heterocycles. The first-order chi connectivity index (χ1) is 9.55. The summed E-state index contributed by atoms with van der Waals surface area (Å²) in [5.74, 6) is 3.18. The SMILES string of the molecule is COc1ccc(OC)c(NC(N)=N[C@@H]2C[C@H]2C(C)C)c1. The number of aliphatic imine (C=N–C) groups is 1. The van der Waals surface area contributed by atoms with E-state index in [-0.39, 0.29) is 0 Å². The molecule has 0 saturated heterocycles. The van der Waals surface area contributed by atoms with Gasteiger partial charge in [-0.2, -0.15) is 0 Å². The van der Waals surface area contributed by atoms with Gasteiger partial charge in [0.05, 0.1) is 25.9 Å². The van der Waals surface area contributed by atoms with Crippen LogP contribution in [0.1, 0.15) is 20.3 Å². The van der Waals surface area contributed by atoms with Crippen LogP contribution in [0.3, 0.4) is 0 Å². The zero-order chi connectivity index (χ0) is 14.7. The Balaban J connectivity index is 2.07. The largest absolute Gasteiger partial charge is 0.497 e. The van der Waals surface area contributed by atoms with Crippen LogP contribution in [0, 0.1) is 11.8 Å². The molecule has 0 amide bonds. The van der Waals surface area contributed by atoms with Crippen LogP contribution in [0.2, 0.25) is 0 Å². The van der Waals surface area contributed by atoms with Crippen molar-refractivity contribution in [3.63, 3.8) is 0 Å². The van der Waals surface area contributed by atoms with Crippen molar-refractivity contribution >= 4 is 11.6 Å². The van der Waals surface area contributed by atoms with Gasteiger partial charge in [-0.15, -0.1) is 0 Å². The quantitative estimate of drug-likeness (QED) is 0.641. The lowest BCUT2D eigenvalue weighted by Gasteiger charge is -2.12. The molecule has 0 bridgehead atoms. The summed E-state index contributed by atoms with van der Waals surface area (Å²) in [6.07, 6.45) is 1.12. The van der Waals surface area contributed by atoms with Gasteiger partial charge in [-0.1, -0.05) is 13.8 Å². The van der Waals surface area contributed by atoms with E-state index < -0.39 is 0 Å². The minimum atomic E-state index is 0.346. The number of benzene rings is 1. The molecule has 5 nitrogen and oxygen atoms in total. The van der Waals surface area contributed by atoms with Crippen LogP contribution in [0.25, 0.3) is 0 Å². The van der Waals surface area contributed by atoms with Crippen molar-refractivity contribution in [1.29, 1.82) is 0 Å². The van der Waals surface area contributed by atoms with Crippen molar-refractivity contribution in [2.45, 2.75) is 26.3 Å². The molecule has 5 heteroatoms. The normalized spacial score (nSPS) is 21.8. The highest BCUT2D eigenvalue weighted by atomic mass is 16.5. The average molecular weight is 277 g/mol. The number of ether oxygens (including phenoxy) is 2. The minimum Gasteiger partial charge on any atom is -0.497 e. The number of anilines is 1. The zero-order valence-corrected chi connectivity index (χ0v) is 12.5. The molecule has 1 saturated carbocycles. The molecule has 0 heterocycles. The number of guanidine groups is 1. The second kappa shape index (κ2) is 6.03. The molecule has 1 aromatic rings. The third-order valence-corrected chi connectivity index (χ3v) is 3.64. The molecule has 3 N–H and O–H groups in total. The Kier molecular flexibility index (Phi) is 4.37. The maximum absolute atomic E-state index is 5.97. The molecule has 2 atom stereocenters. The third kappa shape index (κ3) is 3.35. The van der Waals surface area contributed by atoms with Crippen molar-refractivity contribution in [1.82, 2.24) is 0 Å². The first-order valence-electron chi connectivity index (χ1n) is 6.87. The van der Waals surface area contributed by atoms with Crippen LogP contribution >= 0.6 is 0 Å². The zero-order valence-electron chi connectivity index (χ0n) is 12.5. The van der Waals surface area contributed by atoms with Crippen LogP contribution in [-0.4, -0.2) is 26.2 Å². The first-order valence-corrected chi connectivity index (χ1v) is 6.87. The molecule has 1 aromatic carbocycles. The molecular formula is C15H23N3O2. The molecule has 0 unspecified atom stereocenters. The van der Waals surface area contributed by atoms with E-state index >= 15 is 0 Å². The van der Waals surface area contributed by atoms with Gasteiger partial charge < -0.3 is 20.5 Å². The van der Waals surface area contributed by atoms with Gasteiger partial charge in [0.25, 0.3) is 0 Å². The van der Waals surface area contributed by atoms with E-state index in [1.165, 1.54) is 0 Å². The number of nitrogens with one attached hydrogen (secondary N) is 1. The van der Waals surface area contributed by atoms with Gasteiger partial charge in [-0.25, -0.2) is 4.99 Å². The molecular weight excluding hydrogens is 254 g/mol. The van der Waals surface area contributed by atoms with Crippen molar-refractivity contribution in [2.75, 3.05) is 19.5 Å². The molecule has 2 rings (SSSR count). The topological polar surface area (TPSA) is 68.9 Å². The highest BCUT2D eigenvalue weighted by Crippen LogP contribution is 2.40. The Morgan fingerprint density at radius 2 is 2.10 bits per heavy atom. The lowest BCUT2D eigenvalue weighted by atomic mass is 10.1. The first kappa shape index (κ1) is 14.5. The summed E-state index contributed by atoms with van der Waals surface area (Å²) in [7, 11) is 3.25. The van der Waals surface area contributed by atoms with Gasteiger partial charge in [0.15, 0.2) is 5.96 Å². The van der Waals surface area contributed by atoms with E-state index in [2.05, 4.69) is 24.2 Å². The summed E-state index contributed by atoms with van der Waals surface area (Å²) in [5, 5.41) is 3.09. The molecule has 1 fully saturated rings. The van der Waals surface area contributed by atoms with Crippen molar-refractivity contribution in [3.8, 4) is 11.5 Å². The van der Waals surface area contributed by atoms with Crippen molar-refractivity contribution < 1.29 is 9.47 Å². The fourth-order valence-electron chi connectivity index (χ4n) is 2.33. The van der Waals surface area contributed by atoms with Crippen molar-refractivity contribution in [3.05, 3.63) is 18.2 Å². The van der Waals surface area contributed by atoms with Crippen LogP contribution in [0.15, 0.2) is 23.2 Å². The molecule has 0 spiro atoms. The summed E-state index contributed by atoms with van der Waals surface area (Å²) in [6.45, 7) is 4.43. The van der Waals surface area contributed by atoms with E-state index in [4.69, 9.17) is 15.2 Å². The molecule has 0 aromatic heterocycles. The average Bonchev–Trinajstić information content (AvgIpc) is 3.17. The third-order valence-electron chi connectivity index (χ3n) is 3.64. The summed E-state index contributed by atoms with van der Waals surface area (Å²) in [5.41, 5.74) is 6.73. The second-order valence-corrected chi connectivity index (χ2v) is 5.42. The van der Waals surface area contributed by atoms with Crippen molar-refractivity contribution in [2.24, 2.45) is 22.6 Å². The van der Waals surface area contributed by atoms with Gasteiger partial charge in [0.1, 0.15) is 11.5 Å². The van der Waals surface area contributed by atoms with E-state index in [1.54, 1.807) is 14.2 Å². The lowest BCUT2D eigenvalue weighted by molar-refractivity contribution is 0.405. The predicted octanol–water partition coefficient (Wildman–Crippen LogP) is 2.47. The molecule has 20 heavy (non-hydrogen) atoms. The van der Waals surface area contributed by atoms with E-state index in [0.717, 1.165) is 17.9 Å². The van der Waals surface area contributed by atoms with Gasteiger partial charge in [-0.3, -0.25) is 0 Å². The Hall–Kier alpha value is -1.91. The number of nitrogens with two attached hydrogens (primary N) is 1. The van der Waals surface area contributed by atoms with Crippen LogP contribution in [0.4, 0.5) is 5.69 Å². The summed E-state index contributed by atoms with van der Waals surface area (Å²) in [6, 6.07) is 5.86. The van der Waals surface area contributed by atoms with E-state index in [1.807, 2.05) is 18.2 Å². The van der Waals surface area contributed by atoms with Crippen LogP contribution in [0.5, 0.6) is 11.5 Å². The van der Waals surface area contributed by atoms with E-state index in [0.29, 0.717) is 29.6 Å². The Bertz CT molecular complexity index is 500. The Morgan fingerprint density at radius 1 is 1.35 bits per heavy atom. The number of rotatable bonds is 5. The van der Waals surface area contributed by atoms with Gasteiger partial charge in [0.2, 0.25) is 0 Å². The van der Waals surface area contributed by atoms with Gasteiger partial charge in [-0.05, 0) is 30.4 Å². The number of hydrogen-bond acceptors (Lipinski definition) is 3. The molecule has 0 radical (unpaired) electrons. The molecule has 110 valence electrons. The summed E-state index contributed by atoms with van der Waals surface area (Å²) in [4.78, 5) is 4.50. The maximum atomic E-state index is 5.97. The summed E-state index contributed by atoms with van der Waals surface area (Å²) >= 11 is 0. The molecule has 1 aliphatic rings. The maximum Gasteiger partial charge on any atom is 0.193 e. The van der Waals surface area contributed by atoms with E-state index in [9.17, 15) is 0 Å². The second-order valence-electron chi connectivity index (χ2n) is 5.42. The number of nitrogens with zero attached hydrogens (tertiary/aromatic N) is 1. The minimum absolute atomic E-state index is 0.346. The number of methoxy groups -OCH3 is 2. The summed E-state index contributed by atoms with van der Waals surface area (Å²) < 4.78 is 10.5. The van der Waals surface area contributed by atoms with Gasteiger partial charge in [0, 0.05) is 6.07 Å². The highest BCUT2D eigenvalue weighted by Gasteiger charge is 2.39. The van der Waals surface area contributed by atoms with Crippen LogP contribution in [-0.2, 0) is 0 Å². The number of hydrogen-bond donors (Lipinski definition) is 2. The monoisotopic (exact) mass is 277 g/mol. The van der Waals surface area contributed by atoms with Crippen LogP contribution < -0.4 is 20.5 Å². The Labute approximate surface area is 120 Å².